The number of nitrogens with one attached hydrogen (secondary N) is 1. The maximum Gasteiger partial charge on any atom is 0.255 e. The lowest BCUT2D eigenvalue weighted by molar-refractivity contribution is -0.127. The Morgan fingerprint density at radius 3 is 2.77 bits per heavy atom. The van der Waals surface area contributed by atoms with Crippen molar-refractivity contribution in [2.75, 3.05) is 25.9 Å². The van der Waals surface area contributed by atoms with Crippen molar-refractivity contribution in [1.82, 2.24) is 30.0 Å². The first-order chi connectivity index (χ1) is 18.9. The topological polar surface area (TPSA) is 128 Å². The van der Waals surface area contributed by atoms with Crippen LogP contribution in [0.25, 0.3) is 22.3 Å². The molecule has 200 valence electrons. The van der Waals surface area contributed by atoms with Gasteiger partial charge in [-0.25, -0.2) is 19.0 Å². The number of aromatic nitrogens is 4. The van der Waals surface area contributed by atoms with E-state index in [2.05, 4.69) is 21.9 Å². The molecule has 4 aromatic rings. The Labute approximate surface area is 224 Å². The van der Waals surface area contributed by atoms with E-state index in [1.807, 2.05) is 28.9 Å². The average Bonchev–Trinajstić information content (AvgIpc) is 3.36. The number of hydrogen-bond acceptors (Lipinski definition) is 7. The lowest BCUT2D eigenvalue weighted by Crippen LogP contribution is -2.40. The Balaban J connectivity index is 1.38. The van der Waals surface area contributed by atoms with Crippen LogP contribution in [0.15, 0.2) is 61.4 Å². The van der Waals surface area contributed by atoms with Crippen molar-refractivity contribution in [1.29, 1.82) is 0 Å². The quantitative estimate of drug-likeness (QED) is 0.351. The zero-order valence-electron chi connectivity index (χ0n) is 21.4. The molecule has 1 fully saturated rings. The van der Waals surface area contributed by atoms with Gasteiger partial charge in [-0.1, -0.05) is 30.8 Å². The number of rotatable bonds is 7. The lowest BCUT2D eigenvalue weighted by Gasteiger charge is -2.32. The number of ether oxygens (including phenoxy) is 1. The largest absolute Gasteiger partial charge is 0.496 e. The number of piperidine rings is 1. The van der Waals surface area contributed by atoms with Gasteiger partial charge in [-0.05, 0) is 36.6 Å². The van der Waals surface area contributed by atoms with Crippen LogP contribution in [0, 0.1) is 5.82 Å². The standard InChI is InChI=1S/C28H28FN7O3/c1-3-23(37)35-12-4-5-20(15-35)36-27-24(26(30)32-16-33-27)25(34-36)18-8-6-17(7-9-18)14-31-28(38)21-11-10-19(29)13-22(21)39-2/h3,6-11,13,16,20H,1,4-5,12,14-15H2,2H3,(H,31,38)(H2,30,32,33). The van der Waals surface area contributed by atoms with Crippen molar-refractivity contribution in [3.63, 3.8) is 0 Å². The third kappa shape index (κ3) is 5.15. The number of amides is 2. The summed E-state index contributed by atoms with van der Waals surface area (Å²) in [5.74, 6) is -0.472. The summed E-state index contributed by atoms with van der Waals surface area (Å²) in [4.78, 5) is 35.3. The summed E-state index contributed by atoms with van der Waals surface area (Å²) in [6, 6.07) is 11.3. The Bertz CT molecular complexity index is 1550. The Morgan fingerprint density at radius 2 is 2.03 bits per heavy atom. The predicted molar refractivity (Wildman–Crippen MR) is 144 cm³/mol. The van der Waals surface area contributed by atoms with Crippen LogP contribution < -0.4 is 15.8 Å². The van der Waals surface area contributed by atoms with Crippen LogP contribution >= 0.6 is 0 Å². The third-order valence-electron chi connectivity index (χ3n) is 6.84. The van der Waals surface area contributed by atoms with Crippen LogP contribution in [-0.4, -0.2) is 56.7 Å². The van der Waals surface area contributed by atoms with Crippen molar-refractivity contribution >= 4 is 28.7 Å². The first-order valence-electron chi connectivity index (χ1n) is 12.5. The highest BCUT2D eigenvalue weighted by atomic mass is 19.1. The van der Waals surface area contributed by atoms with E-state index in [0.29, 0.717) is 35.6 Å². The summed E-state index contributed by atoms with van der Waals surface area (Å²) in [6.45, 7) is 5.04. The number of carbonyl (C=O) groups is 2. The summed E-state index contributed by atoms with van der Waals surface area (Å²) in [5.41, 5.74) is 9.44. The van der Waals surface area contributed by atoms with Gasteiger partial charge >= 0.3 is 0 Å². The van der Waals surface area contributed by atoms with Crippen molar-refractivity contribution in [2.45, 2.75) is 25.4 Å². The average molecular weight is 530 g/mol. The summed E-state index contributed by atoms with van der Waals surface area (Å²) in [7, 11) is 1.39. The lowest BCUT2D eigenvalue weighted by atomic mass is 10.1. The maximum atomic E-state index is 13.5. The number of fused-ring (bicyclic) bond motifs is 1. The van der Waals surface area contributed by atoms with Crippen molar-refractivity contribution in [3.8, 4) is 17.0 Å². The molecule has 1 aliphatic rings. The molecule has 0 saturated carbocycles. The van der Waals surface area contributed by atoms with Crippen molar-refractivity contribution in [3.05, 3.63) is 78.4 Å². The highest BCUT2D eigenvalue weighted by Crippen LogP contribution is 2.34. The fraction of sp³-hybridized carbons (Fsp3) is 0.250. The van der Waals surface area contributed by atoms with Crippen LogP contribution in [-0.2, 0) is 11.3 Å². The van der Waals surface area contributed by atoms with E-state index >= 15 is 0 Å². The molecule has 0 radical (unpaired) electrons. The molecule has 3 heterocycles. The maximum absolute atomic E-state index is 13.5. The number of hydrogen-bond donors (Lipinski definition) is 2. The van der Waals surface area contributed by atoms with E-state index in [1.165, 1.54) is 37.7 Å². The number of benzene rings is 2. The monoisotopic (exact) mass is 529 g/mol. The molecule has 0 bridgehead atoms. The fourth-order valence-corrected chi connectivity index (χ4v) is 4.85. The molecule has 5 rings (SSSR count). The number of nitrogen functional groups attached to an aromatic ring is 1. The third-order valence-corrected chi connectivity index (χ3v) is 6.84. The SMILES string of the molecule is C=CC(=O)N1CCCC(n2nc(-c3ccc(CNC(=O)c4ccc(F)cc4OC)cc3)c3c(N)ncnc32)C1. The Kier molecular flexibility index (Phi) is 7.22. The number of nitrogens with zero attached hydrogens (tertiary/aromatic N) is 5. The highest BCUT2D eigenvalue weighted by Gasteiger charge is 2.28. The molecular weight excluding hydrogens is 501 g/mol. The van der Waals surface area contributed by atoms with E-state index in [4.69, 9.17) is 15.6 Å². The predicted octanol–water partition coefficient (Wildman–Crippen LogP) is 3.50. The molecule has 3 N–H and O–H groups in total. The van der Waals surface area contributed by atoms with Crippen LogP contribution in [0.2, 0.25) is 0 Å². The van der Waals surface area contributed by atoms with Gasteiger partial charge in [-0.3, -0.25) is 9.59 Å². The molecule has 1 unspecified atom stereocenters. The van der Waals surface area contributed by atoms with Crippen LogP contribution in [0.4, 0.5) is 10.2 Å². The molecule has 0 spiro atoms. The molecule has 1 atom stereocenters. The minimum atomic E-state index is -0.481. The summed E-state index contributed by atoms with van der Waals surface area (Å²) < 4.78 is 20.4. The zero-order valence-corrected chi connectivity index (χ0v) is 21.4. The molecule has 2 aromatic carbocycles. The minimum Gasteiger partial charge on any atom is -0.496 e. The van der Waals surface area contributed by atoms with Gasteiger partial charge in [0.2, 0.25) is 5.91 Å². The van der Waals surface area contributed by atoms with Gasteiger partial charge in [0.1, 0.15) is 29.4 Å². The molecule has 2 amide bonds. The fourth-order valence-electron chi connectivity index (χ4n) is 4.85. The molecule has 1 aliphatic heterocycles. The van der Waals surface area contributed by atoms with Crippen LogP contribution in [0.3, 0.4) is 0 Å². The zero-order chi connectivity index (χ0) is 27.5. The van der Waals surface area contributed by atoms with E-state index < -0.39 is 5.82 Å². The summed E-state index contributed by atoms with van der Waals surface area (Å²) in [5, 5.41) is 8.37. The minimum absolute atomic E-state index is 0.0638. The van der Waals surface area contributed by atoms with E-state index in [9.17, 15) is 14.0 Å². The second-order valence-corrected chi connectivity index (χ2v) is 9.26. The second kappa shape index (κ2) is 10.9. The smallest absolute Gasteiger partial charge is 0.255 e. The van der Waals surface area contributed by atoms with Gasteiger partial charge in [0.05, 0.1) is 24.1 Å². The van der Waals surface area contributed by atoms with Gasteiger partial charge < -0.3 is 20.7 Å². The number of anilines is 1. The second-order valence-electron chi connectivity index (χ2n) is 9.26. The Morgan fingerprint density at radius 1 is 1.23 bits per heavy atom. The van der Waals surface area contributed by atoms with E-state index in [1.54, 1.807) is 4.90 Å². The molecule has 1 saturated heterocycles. The molecular formula is C28H28FN7O3. The summed E-state index contributed by atoms with van der Waals surface area (Å²) in [6.07, 6.45) is 4.43. The van der Waals surface area contributed by atoms with Gasteiger partial charge in [-0.2, -0.15) is 5.10 Å². The van der Waals surface area contributed by atoms with Gasteiger partial charge in [0, 0.05) is 31.3 Å². The molecule has 2 aromatic heterocycles. The van der Waals surface area contributed by atoms with Crippen molar-refractivity contribution in [2.24, 2.45) is 0 Å². The first-order valence-corrected chi connectivity index (χ1v) is 12.5. The normalized spacial score (nSPS) is 15.2. The molecule has 39 heavy (non-hydrogen) atoms. The number of carbonyl (C=O) groups excluding carboxylic acids is 2. The van der Waals surface area contributed by atoms with Crippen molar-refractivity contribution < 1.29 is 18.7 Å². The molecule has 0 aliphatic carbocycles. The van der Waals surface area contributed by atoms with Gasteiger partial charge in [0.15, 0.2) is 5.65 Å². The van der Waals surface area contributed by atoms with Crippen LogP contribution in [0.5, 0.6) is 5.75 Å². The first kappa shape index (κ1) is 25.8. The molecule has 11 heteroatoms. The summed E-state index contributed by atoms with van der Waals surface area (Å²) >= 11 is 0. The van der Waals surface area contributed by atoms with Gasteiger partial charge in [0.25, 0.3) is 5.91 Å². The van der Waals surface area contributed by atoms with Crippen LogP contribution in [0.1, 0.15) is 34.8 Å². The van der Waals surface area contributed by atoms with E-state index in [-0.39, 0.29) is 35.7 Å². The van der Waals surface area contributed by atoms with E-state index in [0.717, 1.165) is 24.0 Å². The highest BCUT2D eigenvalue weighted by molar-refractivity contribution is 5.98. The number of likely N-dealkylation sites (tertiary alicyclic amines) is 1. The number of halogens is 1. The molecule has 10 nitrogen and oxygen atoms in total. The number of nitrogens with two attached hydrogens (primary N) is 1. The Hall–Kier alpha value is -4.80. The van der Waals surface area contributed by atoms with Gasteiger partial charge in [-0.15, -0.1) is 0 Å². The number of methoxy groups -OCH3 is 1.